The van der Waals surface area contributed by atoms with Gasteiger partial charge < -0.3 is 10.5 Å². The molecule has 4 rings (SSSR count). The first kappa shape index (κ1) is 17.4. The Balaban J connectivity index is 1.66. The minimum atomic E-state index is -0.828. The van der Waals surface area contributed by atoms with Gasteiger partial charge in [-0.25, -0.2) is 4.39 Å². The average Bonchev–Trinajstić information content (AvgIpc) is 3.17. The van der Waals surface area contributed by atoms with Crippen molar-refractivity contribution < 1.29 is 13.9 Å². The van der Waals surface area contributed by atoms with Crippen LogP contribution in [0.15, 0.2) is 51.6 Å². The van der Waals surface area contributed by atoms with E-state index in [-0.39, 0.29) is 5.78 Å². The summed E-state index contributed by atoms with van der Waals surface area (Å²) in [6.07, 6.45) is -0.828. The SMILES string of the molecule is Cc1cscc1-c1ccc2c(c1)OC(C(=O)c1ccc(F)cc1Br)C2N. The fourth-order valence-electron chi connectivity index (χ4n) is 3.17. The lowest BCUT2D eigenvalue weighted by molar-refractivity contribution is 0.0793. The lowest BCUT2D eigenvalue weighted by atomic mass is 9.96. The fraction of sp³-hybridized carbons (Fsp3) is 0.150. The second-order valence-electron chi connectivity index (χ2n) is 6.27. The van der Waals surface area contributed by atoms with Crippen molar-refractivity contribution in [3.05, 3.63) is 74.1 Å². The maximum Gasteiger partial charge on any atom is 0.206 e. The summed E-state index contributed by atoms with van der Waals surface area (Å²) in [5.41, 5.74) is 10.8. The molecular weight excluding hydrogens is 417 g/mol. The molecule has 0 radical (unpaired) electrons. The van der Waals surface area contributed by atoms with Gasteiger partial charge >= 0.3 is 0 Å². The van der Waals surface area contributed by atoms with Crippen molar-refractivity contribution in [2.75, 3.05) is 0 Å². The molecule has 2 atom stereocenters. The average molecular weight is 432 g/mol. The number of ketones is 1. The molecule has 0 saturated carbocycles. The van der Waals surface area contributed by atoms with E-state index in [1.54, 1.807) is 11.3 Å². The zero-order valence-electron chi connectivity index (χ0n) is 13.8. The molecule has 2 aromatic carbocycles. The van der Waals surface area contributed by atoms with E-state index in [0.717, 1.165) is 16.7 Å². The number of Topliss-reactive ketones (excluding diaryl/α,β-unsaturated/α-hetero) is 1. The molecule has 26 heavy (non-hydrogen) atoms. The van der Waals surface area contributed by atoms with E-state index >= 15 is 0 Å². The molecule has 132 valence electrons. The Morgan fingerprint density at radius 3 is 2.73 bits per heavy atom. The molecule has 2 heterocycles. The van der Waals surface area contributed by atoms with Crippen molar-refractivity contribution >= 4 is 33.0 Å². The van der Waals surface area contributed by atoms with Gasteiger partial charge in [0.05, 0.1) is 6.04 Å². The summed E-state index contributed by atoms with van der Waals surface area (Å²) >= 11 is 4.88. The molecule has 3 nitrogen and oxygen atoms in total. The highest BCUT2D eigenvalue weighted by Gasteiger charge is 2.38. The van der Waals surface area contributed by atoms with Crippen LogP contribution in [0.2, 0.25) is 0 Å². The number of halogens is 2. The van der Waals surface area contributed by atoms with E-state index in [0.29, 0.717) is 15.8 Å². The van der Waals surface area contributed by atoms with E-state index in [1.165, 1.54) is 23.8 Å². The summed E-state index contributed by atoms with van der Waals surface area (Å²) in [6, 6.07) is 9.24. The summed E-state index contributed by atoms with van der Waals surface area (Å²) in [7, 11) is 0. The fourth-order valence-corrected chi connectivity index (χ4v) is 4.57. The molecule has 0 amide bonds. The molecule has 0 fully saturated rings. The van der Waals surface area contributed by atoms with E-state index in [1.807, 2.05) is 18.2 Å². The lowest BCUT2D eigenvalue weighted by Crippen LogP contribution is -2.33. The minimum Gasteiger partial charge on any atom is -0.480 e. The number of nitrogens with two attached hydrogens (primary N) is 1. The molecule has 2 unspecified atom stereocenters. The normalized spacial score (nSPS) is 18.5. The lowest BCUT2D eigenvalue weighted by Gasteiger charge is -2.15. The standard InChI is InChI=1S/C20H15BrFNO2S/c1-10-8-26-9-15(10)11-2-4-14-17(6-11)25-20(18(14)23)19(24)13-5-3-12(22)7-16(13)21/h2-9,18,20H,23H2,1H3. The molecule has 1 aromatic heterocycles. The number of hydrogen-bond donors (Lipinski definition) is 1. The number of aryl methyl sites for hydroxylation is 1. The van der Waals surface area contributed by atoms with Gasteiger partial charge in [0, 0.05) is 15.6 Å². The molecule has 0 saturated heterocycles. The maximum absolute atomic E-state index is 13.3. The van der Waals surface area contributed by atoms with Gasteiger partial charge in [0.1, 0.15) is 11.6 Å². The Kier molecular flexibility index (Phi) is 4.42. The molecular formula is C20H15BrFNO2S. The van der Waals surface area contributed by atoms with Crippen LogP contribution in [0.25, 0.3) is 11.1 Å². The van der Waals surface area contributed by atoms with Gasteiger partial charge in [-0.15, -0.1) is 0 Å². The summed E-state index contributed by atoms with van der Waals surface area (Å²) in [6.45, 7) is 2.06. The molecule has 3 aromatic rings. The van der Waals surface area contributed by atoms with Crippen LogP contribution in [-0.2, 0) is 0 Å². The van der Waals surface area contributed by atoms with Gasteiger partial charge in [-0.05, 0) is 74.6 Å². The second-order valence-corrected chi connectivity index (χ2v) is 7.87. The number of carbonyl (C=O) groups is 1. The summed E-state index contributed by atoms with van der Waals surface area (Å²) in [4.78, 5) is 12.9. The predicted molar refractivity (Wildman–Crippen MR) is 104 cm³/mol. The number of benzene rings is 2. The van der Waals surface area contributed by atoms with Crippen LogP contribution in [0.3, 0.4) is 0 Å². The largest absolute Gasteiger partial charge is 0.480 e. The highest BCUT2D eigenvalue weighted by Crippen LogP contribution is 2.40. The van der Waals surface area contributed by atoms with Crippen LogP contribution >= 0.6 is 27.3 Å². The third-order valence-corrected chi connectivity index (χ3v) is 6.09. The Labute approximate surface area is 162 Å². The summed E-state index contributed by atoms with van der Waals surface area (Å²) < 4.78 is 19.6. The van der Waals surface area contributed by atoms with E-state index in [9.17, 15) is 9.18 Å². The first-order valence-corrected chi connectivity index (χ1v) is 9.78. The zero-order valence-corrected chi connectivity index (χ0v) is 16.2. The van der Waals surface area contributed by atoms with Crippen molar-refractivity contribution in [3.63, 3.8) is 0 Å². The first-order chi connectivity index (χ1) is 12.5. The van der Waals surface area contributed by atoms with Gasteiger partial charge in [-0.3, -0.25) is 4.79 Å². The minimum absolute atomic E-state index is 0.270. The van der Waals surface area contributed by atoms with Crippen LogP contribution in [0.4, 0.5) is 4.39 Å². The van der Waals surface area contributed by atoms with Crippen LogP contribution < -0.4 is 10.5 Å². The number of thiophene rings is 1. The number of rotatable bonds is 3. The van der Waals surface area contributed by atoms with E-state index in [4.69, 9.17) is 10.5 Å². The van der Waals surface area contributed by atoms with Crippen molar-refractivity contribution in [2.24, 2.45) is 5.73 Å². The predicted octanol–water partition coefficient (Wildman–Crippen LogP) is 5.27. The Bertz CT molecular complexity index is 1020. The smallest absolute Gasteiger partial charge is 0.206 e. The van der Waals surface area contributed by atoms with Crippen molar-refractivity contribution in [1.29, 1.82) is 0 Å². The number of ether oxygens (including phenoxy) is 1. The first-order valence-electron chi connectivity index (χ1n) is 8.04. The zero-order chi connectivity index (χ0) is 18.4. The van der Waals surface area contributed by atoms with Crippen LogP contribution in [0.5, 0.6) is 5.75 Å². The molecule has 0 bridgehead atoms. The Morgan fingerprint density at radius 1 is 1.23 bits per heavy atom. The molecule has 6 heteroatoms. The molecule has 0 aliphatic carbocycles. The summed E-state index contributed by atoms with van der Waals surface area (Å²) in [5, 5.41) is 4.18. The third-order valence-electron chi connectivity index (χ3n) is 4.57. The van der Waals surface area contributed by atoms with Gasteiger partial charge in [0.15, 0.2) is 6.10 Å². The van der Waals surface area contributed by atoms with Crippen molar-refractivity contribution in [2.45, 2.75) is 19.1 Å². The molecule has 1 aliphatic heterocycles. The maximum atomic E-state index is 13.3. The van der Waals surface area contributed by atoms with Crippen molar-refractivity contribution in [1.82, 2.24) is 0 Å². The summed E-state index contributed by atoms with van der Waals surface area (Å²) in [5.74, 6) is -0.0600. The van der Waals surface area contributed by atoms with Crippen LogP contribution in [0.1, 0.15) is 27.5 Å². The molecule has 1 aliphatic rings. The Morgan fingerprint density at radius 2 is 2.04 bits per heavy atom. The van der Waals surface area contributed by atoms with Gasteiger partial charge in [0.25, 0.3) is 0 Å². The highest BCUT2D eigenvalue weighted by atomic mass is 79.9. The highest BCUT2D eigenvalue weighted by molar-refractivity contribution is 9.10. The van der Waals surface area contributed by atoms with Gasteiger partial charge in [-0.2, -0.15) is 11.3 Å². The Hall–Kier alpha value is -2.02. The number of fused-ring (bicyclic) bond motifs is 1. The van der Waals surface area contributed by atoms with Crippen LogP contribution in [0, 0.1) is 12.7 Å². The molecule has 0 spiro atoms. The topological polar surface area (TPSA) is 52.3 Å². The second kappa shape index (κ2) is 6.61. The quantitative estimate of drug-likeness (QED) is 0.574. The van der Waals surface area contributed by atoms with Crippen LogP contribution in [-0.4, -0.2) is 11.9 Å². The van der Waals surface area contributed by atoms with Crippen molar-refractivity contribution in [3.8, 4) is 16.9 Å². The molecule has 2 N–H and O–H groups in total. The van der Waals surface area contributed by atoms with E-state index in [2.05, 4.69) is 33.6 Å². The third kappa shape index (κ3) is 2.88. The monoisotopic (exact) mass is 431 g/mol. The number of hydrogen-bond acceptors (Lipinski definition) is 4. The number of carbonyl (C=O) groups excluding carboxylic acids is 1. The van der Waals surface area contributed by atoms with E-state index < -0.39 is 18.0 Å². The van der Waals surface area contributed by atoms with Gasteiger partial charge in [-0.1, -0.05) is 12.1 Å². The van der Waals surface area contributed by atoms with Gasteiger partial charge in [0.2, 0.25) is 5.78 Å².